The Morgan fingerprint density at radius 1 is 1.50 bits per heavy atom. The number of ether oxygens (including phenoxy) is 1. The minimum absolute atomic E-state index is 0.554. The average molecular weight is 192 g/mol. The highest BCUT2D eigenvalue weighted by Gasteiger charge is 2.02. The Bertz CT molecular complexity index is 348. The Labute approximate surface area is 82.4 Å². The van der Waals surface area contributed by atoms with Crippen molar-refractivity contribution >= 4 is 11.7 Å². The fourth-order valence-corrected chi connectivity index (χ4v) is 0.947. The average Bonchev–Trinajstić information content (AvgIpc) is 2.16. The van der Waals surface area contributed by atoms with Crippen LogP contribution >= 0.6 is 0 Å². The predicted molar refractivity (Wildman–Crippen MR) is 55.1 cm³/mol. The summed E-state index contributed by atoms with van der Waals surface area (Å²) >= 11 is 0. The van der Waals surface area contributed by atoms with Gasteiger partial charge in [0.25, 0.3) is 0 Å². The first-order valence-electron chi connectivity index (χ1n) is 4.17. The third kappa shape index (κ3) is 2.82. The normalized spacial score (nSPS) is 10.1. The van der Waals surface area contributed by atoms with Gasteiger partial charge in [-0.2, -0.15) is 0 Å². The lowest BCUT2D eigenvalue weighted by atomic mass is 10.3. The lowest BCUT2D eigenvalue weighted by molar-refractivity contribution is 0.259. The number of carbonyl (C=O) groups is 1. The summed E-state index contributed by atoms with van der Waals surface area (Å²) < 4.78 is 5.24. The van der Waals surface area contributed by atoms with Crippen LogP contribution in [0.2, 0.25) is 0 Å². The molecule has 4 heteroatoms. The van der Waals surface area contributed by atoms with Crippen molar-refractivity contribution in [3.05, 3.63) is 36.6 Å². The fraction of sp³-hybridized carbons (Fsp3) is 0.100. The zero-order valence-electron chi connectivity index (χ0n) is 7.86. The van der Waals surface area contributed by atoms with Gasteiger partial charge in [-0.1, -0.05) is 18.2 Å². The summed E-state index contributed by atoms with van der Waals surface area (Å²) in [6, 6.07) is 6.44. The number of hydrogen-bond acceptors (Lipinski definition) is 2. The van der Waals surface area contributed by atoms with E-state index >= 15 is 0 Å². The zero-order chi connectivity index (χ0) is 10.4. The number of nitrogens with one attached hydrogen (secondary N) is 1. The number of para-hydroxylation sites is 2. The molecular weight excluding hydrogens is 180 g/mol. The number of carbonyl (C=O) groups excluding carboxylic acids is 1. The van der Waals surface area contributed by atoms with Gasteiger partial charge in [0.2, 0.25) is 0 Å². The second-order valence-electron chi connectivity index (χ2n) is 2.57. The van der Waals surface area contributed by atoms with Gasteiger partial charge >= 0.3 is 6.03 Å². The number of allylic oxidation sites excluding steroid dienone is 1. The van der Waals surface area contributed by atoms with Crippen LogP contribution in [0.1, 0.15) is 6.92 Å². The van der Waals surface area contributed by atoms with Gasteiger partial charge in [0, 0.05) is 0 Å². The van der Waals surface area contributed by atoms with Gasteiger partial charge in [-0.3, -0.25) is 0 Å². The molecular formula is C10H12N2O2. The highest BCUT2D eigenvalue weighted by atomic mass is 16.5. The number of benzene rings is 1. The molecule has 1 aromatic rings. The first-order valence-corrected chi connectivity index (χ1v) is 4.17. The lowest BCUT2D eigenvalue weighted by Crippen LogP contribution is -2.19. The summed E-state index contributed by atoms with van der Waals surface area (Å²) in [4.78, 5) is 10.6. The number of amides is 2. The van der Waals surface area contributed by atoms with Gasteiger partial charge in [0.05, 0.1) is 11.9 Å². The number of hydrogen-bond donors (Lipinski definition) is 2. The van der Waals surface area contributed by atoms with Crippen molar-refractivity contribution in [2.24, 2.45) is 5.73 Å². The quantitative estimate of drug-likeness (QED) is 0.720. The molecule has 3 N–H and O–H groups in total. The molecule has 0 radical (unpaired) electrons. The first kappa shape index (κ1) is 10.1. The maximum absolute atomic E-state index is 10.6. The van der Waals surface area contributed by atoms with Crippen LogP contribution in [-0.4, -0.2) is 6.03 Å². The van der Waals surface area contributed by atoms with E-state index in [4.69, 9.17) is 10.5 Å². The molecule has 0 aliphatic heterocycles. The van der Waals surface area contributed by atoms with Crippen LogP contribution in [-0.2, 0) is 0 Å². The third-order valence-electron chi connectivity index (χ3n) is 1.48. The SMILES string of the molecule is CC=COc1ccccc1NC(N)=O. The Kier molecular flexibility index (Phi) is 3.55. The Morgan fingerprint density at radius 3 is 2.86 bits per heavy atom. The van der Waals surface area contributed by atoms with Crippen LogP contribution in [0.3, 0.4) is 0 Å². The molecule has 0 bridgehead atoms. The highest BCUT2D eigenvalue weighted by molar-refractivity contribution is 5.89. The second-order valence-corrected chi connectivity index (χ2v) is 2.57. The van der Waals surface area contributed by atoms with E-state index in [9.17, 15) is 4.79 Å². The van der Waals surface area contributed by atoms with Crippen molar-refractivity contribution < 1.29 is 9.53 Å². The number of anilines is 1. The number of urea groups is 1. The number of nitrogens with two attached hydrogens (primary N) is 1. The molecule has 0 atom stereocenters. The maximum atomic E-state index is 10.6. The summed E-state index contributed by atoms with van der Waals surface area (Å²) in [6.45, 7) is 1.84. The molecule has 0 heterocycles. The van der Waals surface area contributed by atoms with Crippen LogP contribution in [0.4, 0.5) is 10.5 Å². The maximum Gasteiger partial charge on any atom is 0.316 e. The van der Waals surface area contributed by atoms with E-state index < -0.39 is 6.03 Å². The smallest absolute Gasteiger partial charge is 0.316 e. The molecule has 0 aliphatic rings. The summed E-state index contributed by atoms with van der Waals surface area (Å²) in [5, 5.41) is 2.46. The molecule has 1 rings (SSSR count). The van der Waals surface area contributed by atoms with Crippen molar-refractivity contribution in [1.82, 2.24) is 0 Å². The van der Waals surface area contributed by atoms with Gasteiger partial charge in [0.15, 0.2) is 0 Å². The topological polar surface area (TPSA) is 64.3 Å². The van der Waals surface area contributed by atoms with Crippen LogP contribution < -0.4 is 15.8 Å². The van der Waals surface area contributed by atoms with E-state index in [1.54, 1.807) is 24.3 Å². The Balaban J connectivity index is 2.85. The molecule has 4 nitrogen and oxygen atoms in total. The van der Waals surface area contributed by atoms with Gasteiger partial charge in [0.1, 0.15) is 5.75 Å². The minimum Gasteiger partial charge on any atom is -0.463 e. The third-order valence-corrected chi connectivity index (χ3v) is 1.48. The van der Waals surface area contributed by atoms with Crippen LogP contribution in [0.15, 0.2) is 36.6 Å². The van der Waals surface area contributed by atoms with Crippen molar-refractivity contribution in [3.8, 4) is 5.75 Å². The number of primary amides is 1. The van der Waals surface area contributed by atoms with E-state index in [-0.39, 0.29) is 0 Å². The molecule has 0 aromatic heterocycles. The number of rotatable bonds is 3. The molecule has 0 unspecified atom stereocenters. The molecule has 0 saturated carbocycles. The summed E-state index contributed by atoms with van der Waals surface area (Å²) in [6.07, 6.45) is 3.28. The van der Waals surface area contributed by atoms with E-state index in [2.05, 4.69) is 5.32 Å². The van der Waals surface area contributed by atoms with E-state index in [0.29, 0.717) is 11.4 Å². The molecule has 2 amide bonds. The van der Waals surface area contributed by atoms with Crippen molar-refractivity contribution in [2.75, 3.05) is 5.32 Å². The Morgan fingerprint density at radius 2 is 2.21 bits per heavy atom. The van der Waals surface area contributed by atoms with Gasteiger partial charge in [-0.15, -0.1) is 0 Å². The van der Waals surface area contributed by atoms with Crippen LogP contribution in [0.5, 0.6) is 5.75 Å². The molecule has 1 aromatic carbocycles. The summed E-state index contributed by atoms with van der Waals surface area (Å²) in [5.41, 5.74) is 5.55. The van der Waals surface area contributed by atoms with E-state index in [1.807, 2.05) is 13.0 Å². The summed E-state index contributed by atoms with van der Waals surface area (Å²) in [7, 11) is 0. The molecule has 0 aliphatic carbocycles. The van der Waals surface area contributed by atoms with E-state index in [0.717, 1.165) is 0 Å². The monoisotopic (exact) mass is 192 g/mol. The first-order chi connectivity index (χ1) is 6.74. The lowest BCUT2D eigenvalue weighted by Gasteiger charge is -2.07. The summed E-state index contributed by atoms with van der Waals surface area (Å²) in [5.74, 6) is 0.560. The van der Waals surface area contributed by atoms with Gasteiger partial charge in [-0.25, -0.2) is 4.79 Å². The van der Waals surface area contributed by atoms with Crippen LogP contribution in [0, 0.1) is 0 Å². The predicted octanol–water partition coefficient (Wildman–Crippen LogP) is 2.09. The fourth-order valence-electron chi connectivity index (χ4n) is 0.947. The molecule has 74 valence electrons. The standard InChI is InChI=1S/C10H12N2O2/c1-2-7-14-9-6-4-3-5-8(9)12-10(11)13/h2-7H,1H3,(H3,11,12,13). The van der Waals surface area contributed by atoms with E-state index in [1.165, 1.54) is 6.26 Å². The molecule has 0 saturated heterocycles. The minimum atomic E-state index is -0.610. The molecule has 0 spiro atoms. The van der Waals surface area contributed by atoms with Gasteiger partial charge in [-0.05, 0) is 19.1 Å². The van der Waals surface area contributed by atoms with Crippen molar-refractivity contribution in [2.45, 2.75) is 6.92 Å². The molecule has 14 heavy (non-hydrogen) atoms. The largest absolute Gasteiger partial charge is 0.463 e. The highest BCUT2D eigenvalue weighted by Crippen LogP contribution is 2.23. The molecule has 0 fully saturated rings. The Hall–Kier alpha value is -1.97. The second kappa shape index (κ2) is 4.91. The van der Waals surface area contributed by atoms with Gasteiger partial charge < -0.3 is 15.8 Å². The zero-order valence-corrected chi connectivity index (χ0v) is 7.86. The van der Waals surface area contributed by atoms with Crippen molar-refractivity contribution in [1.29, 1.82) is 0 Å². The van der Waals surface area contributed by atoms with Crippen molar-refractivity contribution in [3.63, 3.8) is 0 Å². The van der Waals surface area contributed by atoms with Crippen LogP contribution in [0.25, 0.3) is 0 Å².